The maximum Gasteiger partial charge on any atom is 0.426 e. The first kappa shape index (κ1) is 15.9. The van der Waals surface area contributed by atoms with E-state index >= 15 is 0 Å². The molecule has 1 aliphatic rings. The van der Waals surface area contributed by atoms with Crippen molar-refractivity contribution in [2.24, 2.45) is 0 Å². The second-order valence-corrected chi connectivity index (χ2v) is 5.06. The molecule has 8 nitrogen and oxygen atoms in total. The Hall–Kier alpha value is -2.51. The number of aromatic nitrogens is 1. The molecule has 0 aliphatic carbocycles. The van der Waals surface area contributed by atoms with Gasteiger partial charge in [0, 0.05) is 31.9 Å². The van der Waals surface area contributed by atoms with E-state index in [1.807, 2.05) is 18.2 Å². The molecule has 1 fully saturated rings. The average Bonchev–Trinajstić information content (AvgIpc) is 2.54. The topological polar surface area (TPSA) is 97.8 Å². The van der Waals surface area contributed by atoms with Gasteiger partial charge in [-0.3, -0.25) is 0 Å². The second kappa shape index (κ2) is 7.48. The number of hydrogen-bond donors (Lipinski definition) is 3. The third-order valence-corrected chi connectivity index (χ3v) is 3.59. The SMILES string of the molecule is CCN(NC(=O)NC1CCN(c2ccccn2)CC1)C(=O)O. The van der Waals surface area contributed by atoms with Gasteiger partial charge in [0.25, 0.3) is 0 Å². The predicted molar refractivity (Wildman–Crippen MR) is 81.5 cm³/mol. The van der Waals surface area contributed by atoms with Gasteiger partial charge in [0.05, 0.1) is 0 Å². The number of urea groups is 1. The summed E-state index contributed by atoms with van der Waals surface area (Å²) >= 11 is 0. The lowest BCUT2D eigenvalue weighted by Gasteiger charge is -2.33. The van der Waals surface area contributed by atoms with Crippen molar-refractivity contribution >= 4 is 17.9 Å². The van der Waals surface area contributed by atoms with E-state index in [9.17, 15) is 9.59 Å². The van der Waals surface area contributed by atoms with Crippen LogP contribution in [0.15, 0.2) is 24.4 Å². The highest BCUT2D eigenvalue weighted by molar-refractivity contribution is 5.77. The number of nitrogens with one attached hydrogen (secondary N) is 2. The van der Waals surface area contributed by atoms with E-state index in [1.165, 1.54) is 0 Å². The lowest BCUT2D eigenvalue weighted by molar-refractivity contribution is 0.125. The summed E-state index contributed by atoms with van der Waals surface area (Å²) in [6, 6.07) is 5.34. The number of carbonyl (C=O) groups excluding carboxylic acids is 1. The molecule has 1 saturated heterocycles. The number of pyridine rings is 1. The third-order valence-electron chi connectivity index (χ3n) is 3.59. The van der Waals surface area contributed by atoms with E-state index < -0.39 is 12.1 Å². The second-order valence-electron chi connectivity index (χ2n) is 5.06. The van der Waals surface area contributed by atoms with Gasteiger partial charge in [0.2, 0.25) is 0 Å². The van der Waals surface area contributed by atoms with E-state index in [0.29, 0.717) is 0 Å². The van der Waals surface area contributed by atoms with Crippen LogP contribution in [0.2, 0.25) is 0 Å². The molecular formula is C14H21N5O3. The minimum absolute atomic E-state index is 0.0347. The molecule has 0 bridgehead atoms. The summed E-state index contributed by atoms with van der Waals surface area (Å²) in [5.41, 5.74) is 2.31. The maximum atomic E-state index is 11.8. The highest BCUT2D eigenvalue weighted by Crippen LogP contribution is 2.17. The van der Waals surface area contributed by atoms with Crippen molar-refractivity contribution in [1.29, 1.82) is 0 Å². The molecule has 3 amide bonds. The first-order chi connectivity index (χ1) is 10.6. The monoisotopic (exact) mass is 307 g/mol. The van der Waals surface area contributed by atoms with Crippen molar-refractivity contribution in [3.8, 4) is 0 Å². The number of hydrogen-bond acceptors (Lipinski definition) is 4. The molecule has 0 aromatic carbocycles. The van der Waals surface area contributed by atoms with E-state index in [2.05, 4.69) is 20.6 Å². The molecule has 3 N–H and O–H groups in total. The smallest absolute Gasteiger partial charge is 0.426 e. The molecule has 0 spiro atoms. The molecule has 0 unspecified atom stereocenters. The van der Waals surface area contributed by atoms with Gasteiger partial charge in [0.1, 0.15) is 5.82 Å². The number of amides is 3. The zero-order chi connectivity index (χ0) is 15.9. The van der Waals surface area contributed by atoms with E-state index in [4.69, 9.17) is 5.11 Å². The Labute approximate surface area is 129 Å². The first-order valence-electron chi connectivity index (χ1n) is 7.33. The summed E-state index contributed by atoms with van der Waals surface area (Å²) in [6.07, 6.45) is 2.17. The molecule has 1 aromatic heterocycles. The lowest BCUT2D eigenvalue weighted by atomic mass is 10.1. The average molecular weight is 307 g/mol. The van der Waals surface area contributed by atoms with Crippen molar-refractivity contribution < 1.29 is 14.7 Å². The molecule has 22 heavy (non-hydrogen) atoms. The van der Waals surface area contributed by atoms with Gasteiger partial charge in [-0.2, -0.15) is 0 Å². The van der Waals surface area contributed by atoms with Crippen LogP contribution in [-0.2, 0) is 0 Å². The summed E-state index contributed by atoms with van der Waals surface area (Å²) in [5.74, 6) is 0.938. The Morgan fingerprint density at radius 2 is 2.14 bits per heavy atom. The van der Waals surface area contributed by atoms with Crippen LogP contribution < -0.4 is 15.6 Å². The molecule has 0 radical (unpaired) electrons. The summed E-state index contributed by atoms with van der Waals surface area (Å²) in [6.45, 7) is 3.46. The van der Waals surface area contributed by atoms with E-state index in [0.717, 1.165) is 36.8 Å². The number of piperidine rings is 1. The largest absolute Gasteiger partial charge is 0.464 e. The summed E-state index contributed by atoms with van der Waals surface area (Å²) in [5, 5.41) is 12.5. The zero-order valence-electron chi connectivity index (χ0n) is 12.5. The number of nitrogens with zero attached hydrogens (tertiary/aromatic N) is 3. The summed E-state index contributed by atoms with van der Waals surface area (Å²) in [7, 11) is 0. The third kappa shape index (κ3) is 4.24. The van der Waals surface area contributed by atoms with Gasteiger partial charge in [-0.15, -0.1) is 0 Å². The minimum Gasteiger partial charge on any atom is -0.464 e. The van der Waals surface area contributed by atoms with Crippen molar-refractivity contribution in [1.82, 2.24) is 20.7 Å². The molecule has 0 atom stereocenters. The normalized spacial score (nSPS) is 15.2. The summed E-state index contributed by atoms with van der Waals surface area (Å²) in [4.78, 5) is 29.1. The van der Waals surface area contributed by atoms with Crippen LogP contribution in [0.25, 0.3) is 0 Å². The van der Waals surface area contributed by atoms with Crippen LogP contribution in [-0.4, -0.2) is 52.9 Å². The minimum atomic E-state index is -1.18. The zero-order valence-corrected chi connectivity index (χ0v) is 12.5. The van der Waals surface area contributed by atoms with E-state index in [1.54, 1.807) is 13.1 Å². The number of carboxylic acid groups (broad SMARTS) is 1. The van der Waals surface area contributed by atoms with Gasteiger partial charge in [-0.25, -0.2) is 25.0 Å². The molecule has 120 valence electrons. The highest BCUT2D eigenvalue weighted by Gasteiger charge is 2.22. The molecule has 8 heteroatoms. The van der Waals surface area contributed by atoms with Crippen molar-refractivity contribution in [3.63, 3.8) is 0 Å². The fourth-order valence-electron chi connectivity index (χ4n) is 2.40. The van der Waals surface area contributed by atoms with Gasteiger partial charge in [-0.1, -0.05) is 6.07 Å². The Balaban J connectivity index is 1.77. The van der Waals surface area contributed by atoms with Crippen LogP contribution in [0.1, 0.15) is 19.8 Å². The van der Waals surface area contributed by atoms with Crippen molar-refractivity contribution in [2.45, 2.75) is 25.8 Å². The summed E-state index contributed by atoms with van der Waals surface area (Å²) < 4.78 is 0. The van der Waals surface area contributed by atoms with Crippen molar-refractivity contribution in [3.05, 3.63) is 24.4 Å². The van der Waals surface area contributed by atoms with Crippen LogP contribution >= 0.6 is 0 Å². The number of hydrazine groups is 1. The Morgan fingerprint density at radius 1 is 1.41 bits per heavy atom. The van der Waals surface area contributed by atoms with Crippen LogP contribution in [0, 0.1) is 0 Å². The van der Waals surface area contributed by atoms with Gasteiger partial charge < -0.3 is 15.3 Å². The number of rotatable bonds is 3. The predicted octanol–water partition coefficient (Wildman–Crippen LogP) is 1.26. The van der Waals surface area contributed by atoms with Crippen molar-refractivity contribution in [2.75, 3.05) is 24.5 Å². The molecule has 1 aromatic rings. The maximum absolute atomic E-state index is 11.8. The quantitative estimate of drug-likeness (QED) is 0.730. The Kier molecular flexibility index (Phi) is 5.40. The fraction of sp³-hybridized carbons (Fsp3) is 0.500. The van der Waals surface area contributed by atoms with Gasteiger partial charge in [-0.05, 0) is 31.9 Å². The lowest BCUT2D eigenvalue weighted by Crippen LogP contribution is -2.53. The van der Waals surface area contributed by atoms with E-state index in [-0.39, 0.29) is 12.6 Å². The van der Waals surface area contributed by atoms with Crippen LogP contribution in [0.4, 0.5) is 15.4 Å². The molecule has 0 saturated carbocycles. The fourth-order valence-corrected chi connectivity index (χ4v) is 2.40. The number of carbonyl (C=O) groups is 2. The van der Waals surface area contributed by atoms with Gasteiger partial charge >= 0.3 is 12.1 Å². The van der Waals surface area contributed by atoms with Gasteiger partial charge in [0.15, 0.2) is 0 Å². The Morgan fingerprint density at radius 3 is 2.68 bits per heavy atom. The number of anilines is 1. The highest BCUT2D eigenvalue weighted by atomic mass is 16.4. The van der Waals surface area contributed by atoms with Crippen LogP contribution in [0.5, 0.6) is 0 Å². The molecule has 1 aliphatic heterocycles. The van der Waals surface area contributed by atoms with Crippen LogP contribution in [0.3, 0.4) is 0 Å². The Bertz CT molecular complexity index is 502. The molecular weight excluding hydrogens is 286 g/mol. The standard InChI is InChI=1S/C14H21N5O3/c1-2-19(14(21)22)17-13(20)16-11-6-9-18(10-7-11)12-5-3-4-8-15-12/h3-5,8,11H,2,6-7,9-10H2,1H3,(H,21,22)(H2,16,17,20). The molecule has 2 heterocycles. The first-order valence-corrected chi connectivity index (χ1v) is 7.33. The molecule has 2 rings (SSSR count).